The van der Waals surface area contributed by atoms with Crippen LogP contribution < -0.4 is 4.90 Å². The molecule has 0 unspecified atom stereocenters. The van der Waals surface area contributed by atoms with Crippen LogP contribution in [0.2, 0.25) is 0 Å². The largest absolute Gasteiger partial charge is 0.309 e. The Kier molecular flexibility index (Phi) is 8.79. The number of para-hydroxylation sites is 2. The minimum atomic E-state index is 1.09. The molecule has 0 saturated heterocycles. The zero-order chi connectivity index (χ0) is 37.3. The average Bonchev–Trinajstić information content (AvgIpc) is 3.67. The average molecular weight is 732 g/mol. The fourth-order valence-corrected chi connectivity index (χ4v) is 9.31. The molecule has 0 aliphatic rings. The van der Waals surface area contributed by atoms with Gasteiger partial charge in [0.25, 0.3) is 0 Å². The van der Waals surface area contributed by atoms with Crippen LogP contribution in [0.4, 0.5) is 17.1 Å². The highest BCUT2D eigenvalue weighted by atomic mass is 32.1. The van der Waals surface area contributed by atoms with Crippen molar-refractivity contribution < 1.29 is 0 Å². The summed E-state index contributed by atoms with van der Waals surface area (Å²) >= 11 is 1.86. The Hall–Kier alpha value is -7.00. The van der Waals surface area contributed by atoms with Crippen molar-refractivity contribution in [2.24, 2.45) is 0 Å². The standard InChI is InChI=1S/C54H37NS/c1-3-18-38(19-4-1)42-22-7-8-24-45(42)46-25-9-10-26-47(46)48-27-12-15-31-51(48)55(50-30-14-11-23-43(50)39-20-5-2-6-21-39)41-36-34-40(35-37-41)44-29-17-33-53-54(44)49-28-13-16-32-52(49)56-53/h1-37H. The minimum Gasteiger partial charge on any atom is -0.309 e. The second-order valence-corrected chi connectivity index (χ2v) is 15.1. The lowest BCUT2D eigenvalue weighted by Crippen LogP contribution is -2.12. The first-order valence-corrected chi connectivity index (χ1v) is 19.9. The summed E-state index contributed by atoms with van der Waals surface area (Å²) in [6, 6.07) is 81.3. The van der Waals surface area contributed by atoms with Gasteiger partial charge in [0.2, 0.25) is 0 Å². The molecule has 0 aliphatic heterocycles. The molecule has 1 aromatic heterocycles. The first-order valence-electron chi connectivity index (χ1n) is 19.1. The molecule has 264 valence electrons. The molecule has 0 radical (unpaired) electrons. The number of benzene rings is 9. The van der Waals surface area contributed by atoms with E-state index in [9.17, 15) is 0 Å². The van der Waals surface area contributed by atoms with Crippen LogP contribution in [-0.2, 0) is 0 Å². The fraction of sp³-hybridized carbons (Fsp3) is 0. The van der Waals surface area contributed by atoms with E-state index >= 15 is 0 Å². The number of anilines is 3. The topological polar surface area (TPSA) is 3.24 Å². The van der Waals surface area contributed by atoms with Gasteiger partial charge in [0, 0.05) is 37.0 Å². The summed E-state index contributed by atoms with van der Waals surface area (Å²) < 4.78 is 2.63. The first kappa shape index (κ1) is 33.6. The summed E-state index contributed by atoms with van der Waals surface area (Å²) in [5.74, 6) is 0. The highest BCUT2D eigenvalue weighted by Crippen LogP contribution is 2.48. The van der Waals surface area contributed by atoms with E-state index in [0.29, 0.717) is 0 Å². The van der Waals surface area contributed by atoms with Crippen LogP contribution in [0.15, 0.2) is 224 Å². The van der Waals surface area contributed by atoms with Crippen LogP contribution in [0.25, 0.3) is 75.8 Å². The van der Waals surface area contributed by atoms with E-state index in [1.807, 2.05) is 11.3 Å². The predicted octanol–water partition coefficient (Wildman–Crippen LogP) is 15.9. The van der Waals surface area contributed by atoms with Gasteiger partial charge in [0.05, 0.1) is 11.4 Å². The van der Waals surface area contributed by atoms with Gasteiger partial charge >= 0.3 is 0 Å². The summed E-state index contributed by atoms with van der Waals surface area (Å²) in [6.07, 6.45) is 0. The minimum absolute atomic E-state index is 1.09. The SMILES string of the molecule is c1ccc(-c2ccccc2-c2ccccc2-c2ccccc2N(c2ccc(-c3cccc4sc5ccccc5c34)cc2)c2ccccc2-c2ccccc2)cc1. The van der Waals surface area contributed by atoms with Gasteiger partial charge in [-0.15, -0.1) is 11.3 Å². The Morgan fingerprint density at radius 1 is 0.268 bits per heavy atom. The molecule has 0 fully saturated rings. The highest BCUT2D eigenvalue weighted by Gasteiger charge is 2.22. The van der Waals surface area contributed by atoms with E-state index in [1.165, 1.54) is 70.2 Å². The van der Waals surface area contributed by atoms with Crippen molar-refractivity contribution in [2.75, 3.05) is 4.90 Å². The third kappa shape index (κ3) is 6.07. The maximum Gasteiger partial charge on any atom is 0.0540 e. The molecule has 10 aromatic rings. The molecule has 0 spiro atoms. The number of fused-ring (bicyclic) bond motifs is 3. The van der Waals surface area contributed by atoms with Gasteiger partial charge in [-0.3, -0.25) is 0 Å². The Bertz CT molecular complexity index is 2960. The molecule has 0 amide bonds. The van der Waals surface area contributed by atoms with Gasteiger partial charge in [-0.25, -0.2) is 0 Å². The molecular formula is C54H37NS. The number of hydrogen-bond acceptors (Lipinski definition) is 2. The Morgan fingerprint density at radius 2 is 0.696 bits per heavy atom. The van der Waals surface area contributed by atoms with Crippen molar-refractivity contribution in [2.45, 2.75) is 0 Å². The monoisotopic (exact) mass is 731 g/mol. The molecule has 0 aliphatic carbocycles. The normalized spacial score (nSPS) is 11.2. The van der Waals surface area contributed by atoms with Crippen molar-refractivity contribution in [1.29, 1.82) is 0 Å². The lowest BCUT2D eigenvalue weighted by molar-refractivity contribution is 1.28. The fourth-order valence-electron chi connectivity index (χ4n) is 8.18. The number of thiophene rings is 1. The van der Waals surface area contributed by atoms with Gasteiger partial charge in [-0.1, -0.05) is 188 Å². The lowest BCUT2D eigenvalue weighted by Gasteiger charge is -2.30. The molecule has 56 heavy (non-hydrogen) atoms. The predicted molar refractivity (Wildman–Crippen MR) is 241 cm³/mol. The van der Waals surface area contributed by atoms with Crippen molar-refractivity contribution in [3.8, 4) is 55.6 Å². The van der Waals surface area contributed by atoms with Crippen molar-refractivity contribution in [3.63, 3.8) is 0 Å². The highest BCUT2D eigenvalue weighted by molar-refractivity contribution is 7.25. The molecule has 2 heteroatoms. The molecule has 0 atom stereocenters. The Balaban J connectivity index is 1.17. The number of nitrogens with zero attached hydrogens (tertiary/aromatic N) is 1. The van der Waals surface area contributed by atoms with Gasteiger partial charge in [0.1, 0.15) is 0 Å². The molecule has 9 aromatic carbocycles. The van der Waals surface area contributed by atoms with Crippen molar-refractivity contribution in [1.82, 2.24) is 0 Å². The second-order valence-electron chi connectivity index (χ2n) is 14.0. The number of hydrogen-bond donors (Lipinski definition) is 0. The third-order valence-electron chi connectivity index (χ3n) is 10.7. The molecule has 0 saturated carbocycles. The van der Waals surface area contributed by atoms with E-state index in [1.54, 1.807) is 0 Å². The first-order chi connectivity index (χ1) is 27.8. The van der Waals surface area contributed by atoms with Crippen molar-refractivity contribution >= 4 is 48.6 Å². The van der Waals surface area contributed by atoms with Gasteiger partial charge in [-0.2, -0.15) is 0 Å². The van der Waals surface area contributed by atoms with Crippen molar-refractivity contribution in [3.05, 3.63) is 224 Å². The van der Waals surface area contributed by atoms with E-state index < -0.39 is 0 Å². The second kappa shape index (κ2) is 14.7. The summed E-state index contributed by atoms with van der Waals surface area (Å²) in [7, 11) is 0. The van der Waals surface area contributed by atoms with Gasteiger partial charge < -0.3 is 4.90 Å². The Labute approximate surface area is 332 Å². The maximum absolute atomic E-state index is 2.45. The quantitative estimate of drug-likeness (QED) is 0.150. The molecule has 10 rings (SSSR count). The zero-order valence-electron chi connectivity index (χ0n) is 30.7. The van der Waals surface area contributed by atoms with Crippen LogP contribution in [0, 0.1) is 0 Å². The van der Waals surface area contributed by atoms with E-state index in [0.717, 1.165) is 22.6 Å². The maximum atomic E-state index is 2.45. The summed E-state index contributed by atoms with van der Waals surface area (Å²) in [6.45, 7) is 0. The molecule has 0 bridgehead atoms. The summed E-state index contributed by atoms with van der Waals surface area (Å²) in [4.78, 5) is 2.45. The Morgan fingerprint density at radius 3 is 1.38 bits per heavy atom. The van der Waals surface area contributed by atoms with Gasteiger partial charge in [-0.05, 0) is 80.9 Å². The molecule has 1 heterocycles. The smallest absolute Gasteiger partial charge is 0.0540 e. The van der Waals surface area contributed by atoms with Crippen LogP contribution in [0.5, 0.6) is 0 Å². The van der Waals surface area contributed by atoms with Crippen LogP contribution in [-0.4, -0.2) is 0 Å². The molecule has 0 N–H and O–H groups in total. The molecular weight excluding hydrogens is 695 g/mol. The summed E-state index contributed by atoms with van der Waals surface area (Å²) in [5.41, 5.74) is 15.3. The van der Waals surface area contributed by atoms with Crippen LogP contribution >= 0.6 is 11.3 Å². The lowest BCUT2D eigenvalue weighted by atomic mass is 9.88. The molecule has 1 nitrogen and oxygen atoms in total. The van der Waals surface area contributed by atoms with E-state index in [4.69, 9.17) is 0 Å². The van der Waals surface area contributed by atoms with Crippen LogP contribution in [0.1, 0.15) is 0 Å². The third-order valence-corrected chi connectivity index (χ3v) is 11.9. The van der Waals surface area contributed by atoms with Gasteiger partial charge in [0.15, 0.2) is 0 Å². The van der Waals surface area contributed by atoms with E-state index in [-0.39, 0.29) is 0 Å². The zero-order valence-corrected chi connectivity index (χ0v) is 31.5. The van der Waals surface area contributed by atoms with E-state index in [2.05, 4.69) is 229 Å². The number of rotatable bonds is 8. The van der Waals surface area contributed by atoms with Crippen LogP contribution in [0.3, 0.4) is 0 Å². The summed E-state index contributed by atoms with van der Waals surface area (Å²) in [5, 5.41) is 2.64.